The second-order valence-electron chi connectivity index (χ2n) is 10.1. The number of hydrogen-bond donors (Lipinski definition) is 3. The van der Waals surface area contributed by atoms with Gasteiger partial charge in [-0.05, 0) is 49.9 Å². The van der Waals surface area contributed by atoms with Gasteiger partial charge < -0.3 is 20.5 Å². The Morgan fingerprint density at radius 3 is 2.58 bits per heavy atom. The van der Waals surface area contributed by atoms with Crippen LogP contribution in [0.25, 0.3) is 10.9 Å². The van der Waals surface area contributed by atoms with E-state index in [0.717, 1.165) is 43.6 Å². The number of rotatable bonds is 7. The Kier molecular flexibility index (Phi) is 6.95. The Bertz CT molecular complexity index is 1300. The maximum Gasteiger partial charge on any atom is 0.416 e. The van der Waals surface area contributed by atoms with Crippen molar-refractivity contribution in [1.29, 1.82) is 0 Å². The van der Waals surface area contributed by atoms with Crippen molar-refractivity contribution < 1.29 is 27.8 Å². The average Bonchev–Trinajstić information content (AvgIpc) is 3.20. The Morgan fingerprint density at radius 2 is 1.95 bits per heavy atom. The standard InChI is InChI=1S/C26H31F3N6O3/c1-34-21-5-3-16(26(27,28)29)11-20(21)24(33-34)31-13-22(36)32-18-14-35(15-18)19-7-9-25(37,10-8-19)17-4-6-23(38-2)30-12-17/h3-6,11-12,18-19,37H,7-10,13-15H2,1-2H3,(H,31,33)(H,32,36). The van der Waals surface area contributed by atoms with Gasteiger partial charge in [-0.15, -0.1) is 0 Å². The van der Waals surface area contributed by atoms with Crippen LogP contribution in [0.15, 0.2) is 36.5 Å². The van der Waals surface area contributed by atoms with Crippen molar-refractivity contribution in [1.82, 2.24) is 25.0 Å². The number of carbonyl (C=O) groups excluding carboxylic acids is 1. The minimum absolute atomic E-state index is 0.00760. The number of methoxy groups -OCH3 is 1. The largest absolute Gasteiger partial charge is 0.481 e. The lowest BCUT2D eigenvalue weighted by atomic mass is 9.77. The van der Waals surface area contributed by atoms with E-state index in [1.165, 1.54) is 10.7 Å². The molecule has 1 aliphatic heterocycles. The van der Waals surface area contributed by atoms with Crippen LogP contribution in [0.5, 0.6) is 5.88 Å². The third-order valence-corrected chi connectivity index (χ3v) is 7.65. The summed E-state index contributed by atoms with van der Waals surface area (Å²) in [4.78, 5) is 19.0. The first kappa shape index (κ1) is 26.2. The van der Waals surface area contributed by atoms with Crippen LogP contribution in [-0.4, -0.2) is 69.5 Å². The number of halogens is 3. The molecule has 204 valence electrons. The average molecular weight is 533 g/mol. The summed E-state index contributed by atoms with van der Waals surface area (Å²) < 4.78 is 46.0. The highest BCUT2D eigenvalue weighted by atomic mass is 19.4. The highest BCUT2D eigenvalue weighted by Gasteiger charge is 2.40. The molecular weight excluding hydrogens is 501 g/mol. The number of ether oxygens (including phenoxy) is 1. The van der Waals surface area contributed by atoms with Crippen molar-refractivity contribution in [2.75, 3.05) is 32.1 Å². The number of nitrogens with zero attached hydrogens (tertiary/aromatic N) is 4. The molecule has 3 aromatic rings. The van der Waals surface area contributed by atoms with Crippen LogP contribution in [0.4, 0.5) is 19.0 Å². The fraction of sp³-hybridized carbons (Fsp3) is 0.500. The molecule has 0 radical (unpaired) electrons. The summed E-state index contributed by atoms with van der Waals surface area (Å²) in [6.07, 6.45) is 0.174. The van der Waals surface area contributed by atoms with E-state index < -0.39 is 17.3 Å². The zero-order valence-corrected chi connectivity index (χ0v) is 21.3. The molecule has 0 atom stereocenters. The van der Waals surface area contributed by atoms with Gasteiger partial charge in [-0.1, -0.05) is 0 Å². The summed E-state index contributed by atoms with van der Waals surface area (Å²) in [5, 5.41) is 21.5. The molecule has 3 heterocycles. The molecule has 2 aliphatic rings. The number of fused-ring (bicyclic) bond motifs is 1. The van der Waals surface area contributed by atoms with Gasteiger partial charge in [0.2, 0.25) is 11.8 Å². The summed E-state index contributed by atoms with van der Waals surface area (Å²) in [5.74, 6) is 0.505. The zero-order valence-electron chi connectivity index (χ0n) is 21.3. The Balaban J connectivity index is 1.09. The summed E-state index contributed by atoms with van der Waals surface area (Å²) in [5.41, 5.74) is -0.315. The van der Waals surface area contributed by atoms with E-state index in [1.807, 2.05) is 6.07 Å². The highest BCUT2D eigenvalue weighted by Crippen LogP contribution is 2.39. The number of amides is 1. The van der Waals surface area contributed by atoms with Crippen LogP contribution in [0, 0.1) is 0 Å². The van der Waals surface area contributed by atoms with Gasteiger partial charge in [0, 0.05) is 49.4 Å². The maximum atomic E-state index is 13.1. The van der Waals surface area contributed by atoms with Crippen LogP contribution in [0.2, 0.25) is 0 Å². The van der Waals surface area contributed by atoms with Gasteiger partial charge in [-0.3, -0.25) is 14.4 Å². The number of carbonyl (C=O) groups is 1. The first-order valence-electron chi connectivity index (χ1n) is 12.6. The Labute approximate surface area is 218 Å². The molecular formula is C26H31F3N6O3. The zero-order chi connectivity index (χ0) is 27.1. The van der Waals surface area contributed by atoms with Crippen molar-refractivity contribution >= 4 is 22.6 Å². The number of anilines is 1. The van der Waals surface area contributed by atoms with E-state index in [2.05, 4.69) is 25.6 Å². The predicted molar refractivity (Wildman–Crippen MR) is 135 cm³/mol. The minimum Gasteiger partial charge on any atom is -0.481 e. The molecule has 2 fully saturated rings. The quantitative estimate of drug-likeness (QED) is 0.430. The maximum absolute atomic E-state index is 13.1. The van der Waals surface area contributed by atoms with Gasteiger partial charge >= 0.3 is 6.18 Å². The number of aromatic nitrogens is 3. The van der Waals surface area contributed by atoms with E-state index in [4.69, 9.17) is 4.74 Å². The second kappa shape index (κ2) is 10.1. The fourth-order valence-corrected chi connectivity index (χ4v) is 5.43. The van der Waals surface area contributed by atoms with Crippen molar-refractivity contribution in [2.45, 2.75) is 49.5 Å². The van der Waals surface area contributed by atoms with Crippen molar-refractivity contribution in [2.24, 2.45) is 7.05 Å². The van der Waals surface area contributed by atoms with Crippen LogP contribution < -0.4 is 15.4 Å². The topological polar surface area (TPSA) is 105 Å². The van der Waals surface area contributed by atoms with Gasteiger partial charge in [-0.2, -0.15) is 18.3 Å². The fourth-order valence-electron chi connectivity index (χ4n) is 5.43. The molecule has 0 bridgehead atoms. The van der Waals surface area contributed by atoms with Gasteiger partial charge in [0.15, 0.2) is 5.82 Å². The number of alkyl halides is 3. The second-order valence-corrected chi connectivity index (χ2v) is 10.1. The smallest absolute Gasteiger partial charge is 0.416 e. The summed E-state index contributed by atoms with van der Waals surface area (Å²) >= 11 is 0. The lowest BCUT2D eigenvalue weighted by Gasteiger charge is -2.48. The predicted octanol–water partition coefficient (Wildman–Crippen LogP) is 3.04. The van der Waals surface area contributed by atoms with Crippen LogP contribution in [0.3, 0.4) is 0 Å². The first-order valence-corrected chi connectivity index (χ1v) is 12.6. The number of nitrogens with one attached hydrogen (secondary N) is 2. The number of aryl methyl sites for hydroxylation is 1. The molecule has 1 saturated carbocycles. The Morgan fingerprint density at radius 1 is 1.21 bits per heavy atom. The normalized spacial score (nSPS) is 22.7. The summed E-state index contributed by atoms with van der Waals surface area (Å²) in [7, 11) is 3.20. The summed E-state index contributed by atoms with van der Waals surface area (Å²) in [6, 6.07) is 7.41. The first-order chi connectivity index (χ1) is 18.1. The third-order valence-electron chi connectivity index (χ3n) is 7.65. The lowest BCUT2D eigenvalue weighted by molar-refractivity contribution is -0.137. The summed E-state index contributed by atoms with van der Waals surface area (Å²) in [6.45, 7) is 1.35. The number of pyridine rings is 1. The van der Waals surface area contributed by atoms with Gasteiger partial charge in [0.25, 0.3) is 0 Å². The Hall–Kier alpha value is -3.38. The molecule has 5 rings (SSSR count). The third kappa shape index (κ3) is 5.28. The molecule has 0 unspecified atom stereocenters. The molecule has 0 spiro atoms. The van der Waals surface area contributed by atoms with Crippen LogP contribution >= 0.6 is 0 Å². The van der Waals surface area contributed by atoms with E-state index in [0.29, 0.717) is 35.7 Å². The van der Waals surface area contributed by atoms with Gasteiger partial charge in [0.1, 0.15) is 0 Å². The van der Waals surface area contributed by atoms with Crippen molar-refractivity contribution in [3.05, 3.63) is 47.7 Å². The monoisotopic (exact) mass is 532 g/mol. The molecule has 2 aromatic heterocycles. The molecule has 3 N–H and O–H groups in total. The number of aliphatic hydroxyl groups is 1. The van der Waals surface area contributed by atoms with Crippen LogP contribution in [-0.2, 0) is 23.6 Å². The van der Waals surface area contributed by atoms with E-state index in [1.54, 1.807) is 26.4 Å². The van der Waals surface area contributed by atoms with Gasteiger partial charge in [0.05, 0.1) is 36.4 Å². The molecule has 9 nitrogen and oxygen atoms in total. The van der Waals surface area contributed by atoms with Crippen LogP contribution in [0.1, 0.15) is 36.8 Å². The molecule has 1 aliphatic carbocycles. The van der Waals surface area contributed by atoms with Gasteiger partial charge in [-0.25, -0.2) is 4.98 Å². The molecule has 38 heavy (non-hydrogen) atoms. The number of hydrogen-bond acceptors (Lipinski definition) is 7. The van der Waals surface area contributed by atoms with E-state index >= 15 is 0 Å². The lowest BCUT2D eigenvalue weighted by Crippen LogP contribution is -2.63. The molecule has 1 aromatic carbocycles. The van der Waals surface area contributed by atoms with E-state index in [9.17, 15) is 23.1 Å². The molecule has 1 amide bonds. The van der Waals surface area contributed by atoms with E-state index in [-0.39, 0.29) is 24.3 Å². The SMILES string of the molecule is COc1ccc(C2(O)CCC(N3CC(NC(=O)CNc4nn(C)c5ccc(C(F)(F)F)cc45)C3)CC2)cn1. The van der Waals surface area contributed by atoms with Crippen molar-refractivity contribution in [3.63, 3.8) is 0 Å². The highest BCUT2D eigenvalue weighted by molar-refractivity contribution is 5.92. The number of benzene rings is 1. The minimum atomic E-state index is -4.46. The number of likely N-dealkylation sites (tertiary alicyclic amines) is 1. The molecule has 1 saturated heterocycles. The molecule has 12 heteroatoms. The van der Waals surface area contributed by atoms with Crippen molar-refractivity contribution in [3.8, 4) is 5.88 Å².